The minimum atomic E-state index is -0.614. The molecule has 1 spiro atoms. The van der Waals surface area contributed by atoms with Crippen molar-refractivity contribution in [3.8, 4) is 0 Å². The smallest absolute Gasteiger partial charge is 0.293 e. The van der Waals surface area contributed by atoms with Gasteiger partial charge in [-0.3, -0.25) is 19.3 Å². The average Bonchev–Trinajstić information content (AvgIpc) is 3.07. The van der Waals surface area contributed by atoms with E-state index in [1.54, 1.807) is 30.5 Å². The van der Waals surface area contributed by atoms with Gasteiger partial charge in [-0.2, -0.15) is 0 Å². The molecule has 12 heteroatoms. The van der Waals surface area contributed by atoms with Gasteiger partial charge < -0.3 is 24.4 Å². The zero-order valence-electron chi connectivity index (χ0n) is 16.0. The van der Waals surface area contributed by atoms with Crippen LogP contribution in [0.1, 0.15) is 10.6 Å². The van der Waals surface area contributed by atoms with Crippen molar-refractivity contribution in [1.29, 1.82) is 0 Å². The molecule has 0 saturated carbocycles. The Hall–Kier alpha value is -3.12. The maximum atomic E-state index is 12.7. The van der Waals surface area contributed by atoms with Crippen molar-refractivity contribution < 1.29 is 24.2 Å². The van der Waals surface area contributed by atoms with Gasteiger partial charge in [0.05, 0.1) is 39.1 Å². The van der Waals surface area contributed by atoms with Gasteiger partial charge in [-0.15, -0.1) is 5.10 Å². The number of morpholine rings is 1. The Labute approximate surface area is 167 Å². The van der Waals surface area contributed by atoms with E-state index >= 15 is 0 Å². The van der Waals surface area contributed by atoms with Gasteiger partial charge in [0, 0.05) is 32.5 Å². The number of carbonyl (C=O) groups excluding carboxylic acids is 1. The van der Waals surface area contributed by atoms with E-state index in [9.17, 15) is 4.79 Å². The van der Waals surface area contributed by atoms with Crippen molar-refractivity contribution in [3.63, 3.8) is 0 Å². The van der Waals surface area contributed by atoms with Gasteiger partial charge in [0.1, 0.15) is 17.7 Å². The Bertz CT molecular complexity index is 818. The maximum absolute atomic E-state index is 12.7. The number of hydrogen-bond acceptors (Lipinski definition) is 9. The van der Waals surface area contributed by atoms with Crippen LogP contribution >= 0.6 is 0 Å². The molecule has 0 bridgehead atoms. The molecule has 2 aliphatic heterocycles. The van der Waals surface area contributed by atoms with Crippen LogP contribution in [-0.4, -0.2) is 98.7 Å². The molecule has 0 aliphatic carbocycles. The fourth-order valence-corrected chi connectivity index (χ4v) is 3.34. The van der Waals surface area contributed by atoms with E-state index in [2.05, 4.69) is 25.0 Å². The normalized spacial score (nSPS) is 21.8. The number of carbonyl (C=O) groups is 2. The van der Waals surface area contributed by atoms with Crippen molar-refractivity contribution in [2.24, 2.45) is 7.05 Å². The van der Waals surface area contributed by atoms with E-state index in [0.717, 1.165) is 5.82 Å². The topological polar surface area (TPSA) is 136 Å². The number of rotatable bonds is 2. The molecule has 156 valence electrons. The monoisotopic (exact) mass is 405 g/mol. The summed E-state index contributed by atoms with van der Waals surface area (Å²) < 4.78 is 13.4. The highest BCUT2D eigenvalue weighted by atomic mass is 16.5. The lowest BCUT2D eigenvalue weighted by Crippen LogP contribution is -2.60. The minimum absolute atomic E-state index is 0.191. The minimum Gasteiger partial charge on any atom is -0.483 e. The summed E-state index contributed by atoms with van der Waals surface area (Å²) in [5.74, 6) is 0.782. The Kier molecular flexibility index (Phi) is 6.67. The summed E-state index contributed by atoms with van der Waals surface area (Å²) in [5, 5.41) is 11.0. The summed E-state index contributed by atoms with van der Waals surface area (Å²) in [6.07, 6.45) is 6.56. The number of carboxylic acid groups (broad SMARTS) is 1. The van der Waals surface area contributed by atoms with Gasteiger partial charge >= 0.3 is 0 Å². The van der Waals surface area contributed by atoms with Crippen LogP contribution in [0.25, 0.3) is 0 Å². The zero-order valence-corrected chi connectivity index (χ0v) is 16.0. The molecule has 1 unspecified atom stereocenters. The van der Waals surface area contributed by atoms with Gasteiger partial charge in [-0.25, -0.2) is 9.97 Å². The summed E-state index contributed by atoms with van der Waals surface area (Å²) in [5.41, 5.74) is -0.614. The van der Waals surface area contributed by atoms with Crippen LogP contribution in [0.4, 0.5) is 5.82 Å². The fraction of sp³-hybridized carbons (Fsp3) is 0.529. The summed E-state index contributed by atoms with van der Waals surface area (Å²) in [4.78, 5) is 37.5. The number of aromatic nitrogens is 5. The van der Waals surface area contributed by atoms with Crippen LogP contribution in [0.2, 0.25) is 0 Å². The summed E-state index contributed by atoms with van der Waals surface area (Å²) >= 11 is 0. The predicted molar refractivity (Wildman–Crippen MR) is 99.3 cm³/mol. The summed E-state index contributed by atoms with van der Waals surface area (Å²) in [6, 6.07) is 0. The lowest BCUT2D eigenvalue weighted by Gasteiger charge is -2.43. The molecular formula is C17H23N7O5. The largest absolute Gasteiger partial charge is 0.483 e. The van der Waals surface area contributed by atoms with Crippen molar-refractivity contribution in [3.05, 3.63) is 30.7 Å². The second kappa shape index (κ2) is 9.39. The van der Waals surface area contributed by atoms with E-state index < -0.39 is 5.60 Å². The average molecular weight is 405 g/mol. The van der Waals surface area contributed by atoms with Crippen LogP contribution in [0.5, 0.6) is 0 Å². The first-order valence-electron chi connectivity index (χ1n) is 9.02. The first kappa shape index (κ1) is 20.6. The highest BCUT2D eigenvalue weighted by Crippen LogP contribution is 2.25. The molecule has 2 aromatic heterocycles. The van der Waals surface area contributed by atoms with Gasteiger partial charge in [0.15, 0.2) is 0 Å². The molecule has 2 saturated heterocycles. The van der Waals surface area contributed by atoms with E-state index in [0.29, 0.717) is 46.0 Å². The van der Waals surface area contributed by atoms with Crippen LogP contribution in [0, 0.1) is 0 Å². The zero-order chi connectivity index (χ0) is 20.7. The van der Waals surface area contributed by atoms with Gasteiger partial charge in [-0.05, 0) is 0 Å². The molecule has 29 heavy (non-hydrogen) atoms. The molecule has 2 fully saturated rings. The fourth-order valence-electron chi connectivity index (χ4n) is 3.34. The predicted octanol–water partition coefficient (Wildman–Crippen LogP) is -0.946. The Balaban J connectivity index is 0.000000755. The van der Waals surface area contributed by atoms with Crippen LogP contribution in [0.3, 0.4) is 0 Å². The Morgan fingerprint density at radius 2 is 2.07 bits per heavy atom. The first-order chi connectivity index (χ1) is 14.1. The Morgan fingerprint density at radius 3 is 2.76 bits per heavy atom. The number of amides is 1. The third-order valence-electron chi connectivity index (χ3n) is 4.55. The third kappa shape index (κ3) is 5.03. The quantitative estimate of drug-likeness (QED) is 0.623. The molecular weight excluding hydrogens is 382 g/mol. The summed E-state index contributed by atoms with van der Waals surface area (Å²) in [6.45, 7) is 3.37. The summed E-state index contributed by atoms with van der Waals surface area (Å²) in [7, 11) is 1.74. The highest BCUT2D eigenvalue weighted by Gasteiger charge is 2.42. The molecule has 0 aromatic carbocycles. The molecule has 1 N–H and O–H groups in total. The van der Waals surface area contributed by atoms with Crippen LogP contribution < -0.4 is 4.90 Å². The van der Waals surface area contributed by atoms with Crippen molar-refractivity contribution >= 4 is 18.2 Å². The van der Waals surface area contributed by atoms with Gasteiger partial charge in [0.2, 0.25) is 5.82 Å². The molecule has 2 aliphatic rings. The number of anilines is 1. The van der Waals surface area contributed by atoms with Crippen molar-refractivity contribution in [1.82, 2.24) is 29.6 Å². The molecule has 4 heterocycles. The Morgan fingerprint density at radius 1 is 1.24 bits per heavy atom. The molecule has 12 nitrogen and oxygen atoms in total. The van der Waals surface area contributed by atoms with E-state index in [1.165, 1.54) is 11.0 Å². The van der Waals surface area contributed by atoms with Gasteiger partial charge in [0.25, 0.3) is 12.4 Å². The van der Waals surface area contributed by atoms with E-state index in [-0.39, 0.29) is 18.2 Å². The highest BCUT2D eigenvalue weighted by molar-refractivity contribution is 5.90. The molecule has 1 amide bonds. The SMILES string of the molecule is Cn1cnc(C(=O)N2CCOC3(COCCN(c4cnccn4)C3)C2)n1.O=CO. The molecule has 1 atom stereocenters. The van der Waals surface area contributed by atoms with Crippen LogP contribution in [-0.2, 0) is 21.3 Å². The molecule has 0 radical (unpaired) electrons. The van der Waals surface area contributed by atoms with Crippen LogP contribution in [0.15, 0.2) is 24.9 Å². The lowest BCUT2D eigenvalue weighted by molar-refractivity contribution is -0.124. The third-order valence-corrected chi connectivity index (χ3v) is 4.55. The number of hydrogen-bond donors (Lipinski definition) is 1. The number of nitrogens with zero attached hydrogens (tertiary/aromatic N) is 7. The second-order valence-corrected chi connectivity index (χ2v) is 6.64. The van der Waals surface area contributed by atoms with E-state index in [1.807, 2.05) is 0 Å². The number of aryl methyl sites for hydroxylation is 1. The molecule has 2 aromatic rings. The number of ether oxygens (including phenoxy) is 2. The first-order valence-corrected chi connectivity index (χ1v) is 9.02. The standard InChI is InChI=1S/C16H21N7O3.CH2O2/c1-21-12-19-14(20-21)15(24)23-5-7-26-16(10-23)9-22(4-6-25-11-16)13-8-17-2-3-18-13;2-1-3/h2-3,8,12H,4-7,9-11H2,1H3;1H,(H,2,3). The van der Waals surface area contributed by atoms with E-state index in [4.69, 9.17) is 19.4 Å². The second-order valence-electron chi connectivity index (χ2n) is 6.64. The lowest BCUT2D eigenvalue weighted by atomic mass is 10.0. The van der Waals surface area contributed by atoms with Gasteiger partial charge in [-0.1, -0.05) is 0 Å². The maximum Gasteiger partial charge on any atom is 0.293 e. The van der Waals surface area contributed by atoms with Crippen molar-refractivity contribution in [2.75, 3.05) is 50.9 Å². The molecule has 4 rings (SSSR count). The van der Waals surface area contributed by atoms with Crippen molar-refractivity contribution in [2.45, 2.75) is 5.60 Å².